The molecule has 14 heavy (non-hydrogen) atoms. The van der Waals surface area contributed by atoms with E-state index in [0.29, 0.717) is 0 Å². The molecular formula is C8H4ClFN2OS. The quantitative estimate of drug-likeness (QED) is 0.795. The van der Waals surface area contributed by atoms with Crippen LogP contribution in [0.3, 0.4) is 0 Å². The van der Waals surface area contributed by atoms with Crippen LogP contribution in [0.2, 0.25) is 5.15 Å². The summed E-state index contributed by atoms with van der Waals surface area (Å²) in [6.45, 7) is 0. The Kier molecular flexibility index (Phi) is 2.60. The molecule has 72 valence electrons. The predicted molar refractivity (Wildman–Crippen MR) is 51.4 cm³/mol. The highest BCUT2D eigenvalue weighted by Gasteiger charge is 2.10. The number of nitrogens with zero attached hydrogens (tertiary/aromatic N) is 2. The van der Waals surface area contributed by atoms with Gasteiger partial charge in [0.2, 0.25) is 5.15 Å². The van der Waals surface area contributed by atoms with Gasteiger partial charge in [-0.25, -0.2) is 4.39 Å². The number of para-hydroxylation sites is 1. The first-order valence-electron chi connectivity index (χ1n) is 3.68. The van der Waals surface area contributed by atoms with Gasteiger partial charge in [-0.15, -0.1) is 4.37 Å². The fraction of sp³-hybridized carbons (Fsp3) is 0. The molecule has 1 aromatic carbocycles. The normalized spacial score (nSPS) is 10.1. The molecule has 0 aliphatic carbocycles. The van der Waals surface area contributed by atoms with Crippen LogP contribution in [0.4, 0.5) is 4.39 Å². The average Bonchev–Trinajstić information content (AvgIpc) is 2.56. The lowest BCUT2D eigenvalue weighted by atomic mass is 10.3. The largest absolute Gasteiger partial charge is 0.433 e. The van der Waals surface area contributed by atoms with Gasteiger partial charge in [-0.05, 0) is 12.1 Å². The molecule has 6 heteroatoms. The number of hydrogen-bond acceptors (Lipinski definition) is 4. The minimum Gasteiger partial charge on any atom is -0.433 e. The van der Waals surface area contributed by atoms with Crippen LogP contribution in [0.15, 0.2) is 24.3 Å². The first-order valence-corrected chi connectivity index (χ1v) is 4.78. The topological polar surface area (TPSA) is 35.0 Å². The summed E-state index contributed by atoms with van der Waals surface area (Å²) in [5.74, 6) is -0.250. The van der Waals surface area contributed by atoms with Gasteiger partial charge in [-0.1, -0.05) is 23.7 Å². The highest BCUT2D eigenvalue weighted by atomic mass is 35.5. The van der Waals surface area contributed by atoms with Gasteiger partial charge in [-0.3, -0.25) is 0 Å². The molecule has 0 fully saturated rings. The summed E-state index contributed by atoms with van der Waals surface area (Å²) in [6.07, 6.45) is 0. The molecule has 0 N–H and O–H groups in total. The van der Waals surface area contributed by atoms with Crippen LogP contribution in [-0.4, -0.2) is 8.75 Å². The maximum Gasteiger partial charge on any atom is 0.271 e. The van der Waals surface area contributed by atoms with Crippen LogP contribution < -0.4 is 4.74 Å². The van der Waals surface area contributed by atoms with Crippen molar-refractivity contribution in [2.75, 3.05) is 0 Å². The smallest absolute Gasteiger partial charge is 0.271 e. The summed E-state index contributed by atoms with van der Waals surface area (Å²) in [4.78, 5) is 0. The van der Waals surface area contributed by atoms with Crippen molar-refractivity contribution in [3.05, 3.63) is 35.2 Å². The number of hydrogen-bond donors (Lipinski definition) is 0. The Labute approximate surface area is 88.4 Å². The van der Waals surface area contributed by atoms with Crippen molar-refractivity contribution in [1.29, 1.82) is 0 Å². The van der Waals surface area contributed by atoms with Gasteiger partial charge < -0.3 is 4.74 Å². The van der Waals surface area contributed by atoms with Gasteiger partial charge in [0.05, 0.1) is 11.7 Å². The van der Waals surface area contributed by atoms with E-state index in [-0.39, 0.29) is 16.8 Å². The third kappa shape index (κ3) is 1.83. The summed E-state index contributed by atoms with van der Waals surface area (Å²) in [6, 6.07) is 6.02. The maximum absolute atomic E-state index is 13.1. The van der Waals surface area contributed by atoms with Crippen molar-refractivity contribution in [2.24, 2.45) is 0 Å². The molecule has 0 spiro atoms. The molecule has 0 atom stereocenters. The fourth-order valence-electron chi connectivity index (χ4n) is 0.862. The van der Waals surface area contributed by atoms with E-state index in [1.807, 2.05) is 0 Å². The van der Waals surface area contributed by atoms with E-state index in [9.17, 15) is 4.39 Å². The fourth-order valence-corrected chi connectivity index (χ4v) is 1.47. The Morgan fingerprint density at radius 1 is 1.29 bits per heavy atom. The zero-order valence-corrected chi connectivity index (χ0v) is 8.35. The molecule has 0 radical (unpaired) electrons. The van der Waals surface area contributed by atoms with Crippen LogP contribution in [0.25, 0.3) is 0 Å². The molecule has 1 aromatic heterocycles. The molecule has 2 aromatic rings. The SMILES string of the molecule is Fc1ccccc1Oc1nsnc1Cl. The molecule has 1 heterocycles. The van der Waals surface area contributed by atoms with Crippen molar-refractivity contribution >= 4 is 23.3 Å². The monoisotopic (exact) mass is 230 g/mol. The standard InChI is InChI=1S/C8H4ClFN2OS/c9-7-8(12-14-11-7)13-6-4-2-1-3-5(6)10/h1-4H. The lowest BCUT2D eigenvalue weighted by molar-refractivity contribution is 0.431. The van der Waals surface area contributed by atoms with Gasteiger partial charge in [0.1, 0.15) is 0 Å². The van der Waals surface area contributed by atoms with Crippen molar-refractivity contribution < 1.29 is 9.13 Å². The number of rotatable bonds is 2. The minimum absolute atomic E-state index is 0.0853. The Morgan fingerprint density at radius 2 is 2.07 bits per heavy atom. The highest BCUT2D eigenvalue weighted by Crippen LogP contribution is 2.28. The number of aromatic nitrogens is 2. The van der Waals surface area contributed by atoms with Crippen molar-refractivity contribution in [3.63, 3.8) is 0 Å². The van der Waals surface area contributed by atoms with Crippen LogP contribution in [0, 0.1) is 5.82 Å². The van der Waals surface area contributed by atoms with E-state index in [2.05, 4.69) is 8.75 Å². The second kappa shape index (κ2) is 3.89. The summed E-state index contributed by atoms with van der Waals surface area (Å²) < 4.78 is 25.7. The molecule has 0 saturated heterocycles. The Morgan fingerprint density at radius 3 is 2.71 bits per heavy atom. The van der Waals surface area contributed by atoms with Gasteiger partial charge >= 0.3 is 0 Å². The summed E-state index contributed by atoms with van der Waals surface area (Å²) >= 11 is 6.54. The molecule has 2 rings (SSSR count). The van der Waals surface area contributed by atoms with Gasteiger partial charge in [0.15, 0.2) is 11.6 Å². The summed E-state index contributed by atoms with van der Waals surface area (Å²) in [5.41, 5.74) is 0. The Hall–Kier alpha value is -1.20. The van der Waals surface area contributed by atoms with Crippen molar-refractivity contribution in [1.82, 2.24) is 8.75 Å². The second-order valence-electron chi connectivity index (χ2n) is 2.39. The zero-order chi connectivity index (χ0) is 9.97. The zero-order valence-electron chi connectivity index (χ0n) is 6.78. The number of halogens is 2. The van der Waals surface area contributed by atoms with E-state index < -0.39 is 5.82 Å². The van der Waals surface area contributed by atoms with Crippen LogP contribution in [0.5, 0.6) is 11.6 Å². The molecular weight excluding hydrogens is 227 g/mol. The lowest BCUT2D eigenvalue weighted by Crippen LogP contribution is -1.87. The molecule has 0 saturated carbocycles. The van der Waals surface area contributed by atoms with Gasteiger partial charge in [-0.2, -0.15) is 4.37 Å². The molecule has 0 aliphatic heterocycles. The average molecular weight is 231 g/mol. The Bertz CT molecular complexity index is 448. The predicted octanol–water partition coefficient (Wildman–Crippen LogP) is 3.12. The van der Waals surface area contributed by atoms with Crippen LogP contribution >= 0.6 is 23.3 Å². The molecule has 0 bridgehead atoms. The molecule has 0 unspecified atom stereocenters. The number of benzene rings is 1. The lowest BCUT2D eigenvalue weighted by Gasteiger charge is -2.01. The molecule has 0 aliphatic rings. The highest BCUT2D eigenvalue weighted by molar-refractivity contribution is 6.99. The first-order chi connectivity index (χ1) is 6.77. The molecule has 0 amide bonds. The number of ether oxygens (including phenoxy) is 1. The second-order valence-corrected chi connectivity index (χ2v) is 3.28. The van der Waals surface area contributed by atoms with Gasteiger partial charge in [0, 0.05) is 0 Å². The maximum atomic E-state index is 13.1. The van der Waals surface area contributed by atoms with E-state index in [4.69, 9.17) is 16.3 Å². The van der Waals surface area contributed by atoms with Crippen molar-refractivity contribution in [3.8, 4) is 11.6 Å². The van der Waals surface area contributed by atoms with Crippen LogP contribution in [-0.2, 0) is 0 Å². The van der Waals surface area contributed by atoms with E-state index in [1.54, 1.807) is 12.1 Å². The van der Waals surface area contributed by atoms with Gasteiger partial charge in [0.25, 0.3) is 5.88 Å². The minimum atomic E-state index is -0.462. The first kappa shape index (κ1) is 9.36. The Balaban J connectivity index is 2.28. The molecule has 3 nitrogen and oxygen atoms in total. The van der Waals surface area contributed by atoms with E-state index in [1.165, 1.54) is 12.1 Å². The summed E-state index contributed by atoms with van der Waals surface area (Å²) in [5, 5.41) is 0.137. The van der Waals surface area contributed by atoms with E-state index >= 15 is 0 Å². The summed E-state index contributed by atoms with van der Waals surface area (Å²) in [7, 11) is 0. The van der Waals surface area contributed by atoms with Crippen LogP contribution in [0.1, 0.15) is 0 Å². The van der Waals surface area contributed by atoms with Crippen molar-refractivity contribution in [2.45, 2.75) is 0 Å². The third-order valence-corrected chi connectivity index (χ3v) is 2.32. The van der Waals surface area contributed by atoms with E-state index in [0.717, 1.165) is 11.7 Å². The third-order valence-electron chi connectivity index (χ3n) is 1.46.